The fraction of sp³-hybridized carbons (Fsp3) is 0.533. The van der Waals surface area contributed by atoms with E-state index < -0.39 is 0 Å². The molecule has 1 aromatic rings. The van der Waals surface area contributed by atoms with Crippen molar-refractivity contribution >= 4 is 19.0 Å². The van der Waals surface area contributed by atoms with Gasteiger partial charge >= 0.3 is 7.12 Å². The lowest BCUT2D eigenvalue weighted by molar-refractivity contribution is 0.00578. The van der Waals surface area contributed by atoms with Crippen LogP contribution in [0.2, 0.25) is 0 Å². The minimum Gasteiger partial charge on any atom is -0.400 e. The average Bonchev–Trinajstić information content (AvgIpc) is 2.56. The average molecular weight is 274 g/mol. The van der Waals surface area contributed by atoms with E-state index in [-0.39, 0.29) is 18.3 Å². The van der Waals surface area contributed by atoms with Crippen LogP contribution in [0.15, 0.2) is 24.3 Å². The molecular weight excluding hydrogens is 251 g/mol. The summed E-state index contributed by atoms with van der Waals surface area (Å²) in [6, 6.07) is 4.00. The van der Waals surface area contributed by atoms with E-state index in [0.29, 0.717) is 0 Å². The second kappa shape index (κ2) is 5.22. The van der Waals surface area contributed by atoms with Crippen molar-refractivity contribution in [3.05, 3.63) is 29.9 Å². The zero-order chi connectivity index (χ0) is 15.0. The van der Waals surface area contributed by atoms with Crippen molar-refractivity contribution in [3.8, 4) is 0 Å². The van der Waals surface area contributed by atoms with Gasteiger partial charge in [0.1, 0.15) is 5.82 Å². The summed E-state index contributed by atoms with van der Waals surface area (Å²) < 4.78 is 11.9. The zero-order valence-electron chi connectivity index (χ0n) is 13.2. The molecule has 2 rings (SSSR count). The van der Waals surface area contributed by atoms with Crippen LogP contribution in [0.25, 0.3) is 6.08 Å². The van der Waals surface area contributed by atoms with Crippen LogP contribution in [0.3, 0.4) is 0 Å². The molecule has 1 aromatic heterocycles. The summed E-state index contributed by atoms with van der Waals surface area (Å²) >= 11 is 0. The van der Waals surface area contributed by atoms with Gasteiger partial charge < -0.3 is 14.2 Å². The van der Waals surface area contributed by atoms with Gasteiger partial charge in [-0.05, 0) is 45.4 Å². The second-order valence-electron chi connectivity index (χ2n) is 6.33. The van der Waals surface area contributed by atoms with Gasteiger partial charge in [-0.15, -0.1) is 0 Å². The zero-order valence-corrected chi connectivity index (χ0v) is 13.2. The fourth-order valence-electron chi connectivity index (χ4n) is 1.94. The molecular formula is C15H23BN2O2. The smallest absolute Gasteiger partial charge is 0.400 e. The number of pyridine rings is 1. The monoisotopic (exact) mass is 274 g/mol. The topological polar surface area (TPSA) is 34.6 Å². The van der Waals surface area contributed by atoms with Gasteiger partial charge in [0.15, 0.2) is 0 Å². The lowest BCUT2D eigenvalue weighted by Gasteiger charge is -2.32. The van der Waals surface area contributed by atoms with Crippen molar-refractivity contribution < 1.29 is 9.31 Å². The third-order valence-corrected chi connectivity index (χ3v) is 3.95. The molecule has 1 saturated heterocycles. The van der Waals surface area contributed by atoms with Crippen molar-refractivity contribution in [2.75, 3.05) is 19.0 Å². The SMILES string of the molecule is CN(C)c1cc(/C=C/B2OC(C)(C)C(C)(C)O2)ccn1. The maximum Gasteiger partial charge on any atom is 0.487 e. The molecule has 0 saturated carbocycles. The van der Waals surface area contributed by atoms with Crippen molar-refractivity contribution in [2.24, 2.45) is 0 Å². The molecule has 1 fully saturated rings. The number of anilines is 1. The Labute approximate surface area is 121 Å². The van der Waals surface area contributed by atoms with Crippen LogP contribution in [-0.2, 0) is 9.31 Å². The molecule has 108 valence electrons. The van der Waals surface area contributed by atoms with Crippen LogP contribution in [-0.4, -0.2) is 37.4 Å². The lowest BCUT2D eigenvalue weighted by Crippen LogP contribution is -2.41. The Morgan fingerprint density at radius 3 is 2.30 bits per heavy atom. The maximum absolute atomic E-state index is 5.93. The summed E-state index contributed by atoms with van der Waals surface area (Å²) in [7, 11) is 3.64. The van der Waals surface area contributed by atoms with E-state index in [0.717, 1.165) is 11.4 Å². The van der Waals surface area contributed by atoms with E-state index in [1.165, 1.54) is 0 Å². The highest BCUT2D eigenvalue weighted by atomic mass is 16.7. The minimum absolute atomic E-state index is 0.297. The first kappa shape index (κ1) is 15.1. The van der Waals surface area contributed by atoms with E-state index in [4.69, 9.17) is 9.31 Å². The van der Waals surface area contributed by atoms with E-state index in [9.17, 15) is 0 Å². The third-order valence-electron chi connectivity index (χ3n) is 3.95. The molecule has 0 atom stereocenters. The van der Waals surface area contributed by atoms with Crippen LogP contribution >= 0.6 is 0 Å². The highest BCUT2D eigenvalue weighted by Crippen LogP contribution is 2.37. The van der Waals surface area contributed by atoms with Gasteiger partial charge in [-0.1, -0.05) is 12.1 Å². The first-order valence-electron chi connectivity index (χ1n) is 6.88. The molecule has 4 nitrogen and oxygen atoms in total. The molecule has 0 amide bonds. The molecule has 2 heterocycles. The normalized spacial score (nSPS) is 20.6. The molecule has 0 radical (unpaired) electrons. The third kappa shape index (κ3) is 3.05. The molecule has 1 aliphatic heterocycles. The van der Waals surface area contributed by atoms with Crippen LogP contribution < -0.4 is 4.90 Å². The van der Waals surface area contributed by atoms with Crippen LogP contribution in [0.5, 0.6) is 0 Å². The molecule has 1 aliphatic rings. The Morgan fingerprint density at radius 1 is 1.15 bits per heavy atom. The van der Waals surface area contributed by atoms with Crippen LogP contribution in [0.4, 0.5) is 5.82 Å². The summed E-state index contributed by atoms with van der Waals surface area (Å²) in [5, 5.41) is 0. The summed E-state index contributed by atoms with van der Waals surface area (Å²) in [5.74, 6) is 2.88. The molecule has 20 heavy (non-hydrogen) atoms. The van der Waals surface area contributed by atoms with E-state index in [2.05, 4.69) is 32.7 Å². The second-order valence-corrected chi connectivity index (χ2v) is 6.33. The minimum atomic E-state index is -0.309. The van der Waals surface area contributed by atoms with Gasteiger partial charge in [0.25, 0.3) is 0 Å². The van der Waals surface area contributed by atoms with Crippen molar-refractivity contribution in [1.82, 2.24) is 4.98 Å². The molecule has 0 bridgehead atoms. The van der Waals surface area contributed by atoms with Crippen molar-refractivity contribution in [3.63, 3.8) is 0 Å². The molecule has 5 heteroatoms. The quantitative estimate of drug-likeness (QED) is 0.794. The summed E-state index contributed by atoms with van der Waals surface area (Å²) in [6.07, 6.45) is 3.82. The Balaban J connectivity index is 2.10. The van der Waals surface area contributed by atoms with Crippen molar-refractivity contribution in [1.29, 1.82) is 0 Å². The standard InChI is InChI=1S/C15H23BN2O2/c1-14(2)15(3,4)20-16(19-14)9-7-12-8-10-17-13(11-12)18(5)6/h7-11H,1-6H3/b9-7+. The Kier molecular flexibility index (Phi) is 3.94. The Hall–Kier alpha value is -1.33. The van der Waals surface area contributed by atoms with Gasteiger partial charge in [-0.25, -0.2) is 4.98 Å². The van der Waals surface area contributed by atoms with Gasteiger partial charge in [0, 0.05) is 20.3 Å². The molecule has 0 unspecified atom stereocenters. The van der Waals surface area contributed by atoms with Crippen LogP contribution in [0, 0.1) is 0 Å². The van der Waals surface area contributed by atoms with E-state index >= 15 is 0 Å². The number of rotatable bonds is 3. The molecule has 0 aromatic carbocycles. The van der Waals surface area contributed by atoms with E-state index in [1.807, 2.05) is 43.2 Å². The summed E-state index contributed by atoms with van der Waals surface area (Å²) in [5.41, 5.74) is 0.489. The largest absolute Gasteiger partial charge is 0.487 e. The maximum atomic E-state index is 5.93. The number of hydrogen-bond donors (Lipinski definition) is 0. The first-order valence-corrected chi connectivity index (χ1v) is 6.88. The molecule has 0 N–H and O–H groups in total. The molecule has 0 spiro atoms. The highest BCUT2D eigenvalue weighted by Gasteiger charge is 2.49. The first-order chi connectivity index (χ1) is 9.21. The lowest BCUT2D eigenvalue weighted by atomic mass is 9.89. The predicted molar refractivity (Wildman–Crippen MR) is 83.7 cm³/mol. The highest BCUT2D eigenvalue weighted by molar-refractivity contribution is 6.52. The van der Waals surface area contributed by atoms with Crippen LogP contribution in [0.1, 0.15) is 33.3 Å². The number of aromatic nitrogens is 1. The number of hydrogen-bond acceptors (Lipinski definition) is 4. The molecule has 0 aliphatic carbocycles. The summed E-state index contributed by atoms with van der Waals surface area (Å²) in [4.78, 5) is 6.27. The predicted octanol–water partition coefficient (Wildman–Crippen LogP) is 2.79. The van der Waals surface area contributed by atoms with E-state index in [1.54, 1.807) is 6.20 Å². The Bertz CT molecular complexity index is 496. The van der Waals surface area contributed by atoms with Gasteiger partial charge in [-0.2, -0.15) is 0 Å². The van der Waals surface area contributed by atoms with Crippen molar-refractivity contribution in [2.45, 2.75) is 38.9 Å². The number of nitrogens with zero attached hydrogens (tertiary/aromatic N) is 2. The van der Waals surface area contributed by atoms with Gasteiger partial charge in [0.2, 0.25) is 0 Å². The summed E-state index contributed by atoms with van der Waals surface area (Å²) in [6.45, 7) is 8.21. The fourth-order valence-corrected chi connectivity index (χ4v) is 1.94. The van der Waals surface area contributed by atoms with Gasteiger partial charge in [-0.3, -0.25) is 0 Å². The Morgan fingerprint density at radius 2 is 1.75 bits per heavy atom. The van der Waals surface area contributed by atoms with Gasteiger partial charge in [0.05, 0.1) is 11.2 Å².